The van der Waals surface area contributed by atoms with Crippen LogP contribution >= 0.6 is 0 Å². The summed E-state index contributed by atoms with van der Waals surface area (Å²) in [4.78, 5) is 0. The Balaban J connectivity index is 2.08. The van der Waals surface area contributed by atoms with E-state index in [1.165, 1.54) is 37.7 Å². The van der Waals surface area contributed by atoms with E-state index in [0.29, 0.717) is 16.6 Å². The summed E-state index contributed by atoms with van der Waals surface area (Å²) in [6.07, 6.45) is 0. The minimum atomic E-state index is -1.80. The third-order valence-corrected chi connectivity index (χ3v) is 13.3. The number of fused-ring (bicyclic) bond motifs is 3. The molecule has 0 nitrogen and oxygen atoms in total. The Morgan fingerprint density at radius 3 is 1.93 bits per heavy atom. The normalized spacial score (nSPS) is 12.2. The van der Waals surface area contributed by atoms with Gasteiger partial charge in [0.2, 0.25) is 0 Å². The number of benzene rings is 3. The van der Waals surface area contributed by atoms with Crippen LogP contribution in [0.1, 0.15) is 47.1 Å². The van der Waals surface area contributed by atoms with Gasteiger partial charge in [-0.05, 0) is 0 Å². The van der Waals surface area contributed by atoms with Gasteiger partial charge in [0.15, 0.2) is 0 Å². The average molecular weight is 406 g/mol. The van der Waals surface area contributed by atoms with E-state index in [1.807, 2.05) is 0 Å². The molecule has 0 amide bonds. The molecule has 0 fully saturated rings. The van der Waals surface area contributed by atoms with Gasteiger partial charge in [0.05, 0.1) is 0 Å². The van der Waals surface area contributed by atoms with Crippen molar-refractivity contribution in [1.29, 1.82) is 0 Å². The van der Waals surface area contributed by atoms with Crippen LogP contribution in [-0.4, -0.2) is 15.0 Å². The van der Waals surface area contributed by atoms with Gasteiger partial charge >= 0.3 is 183 Å². The minimum absolute atomic E-state index is 0.632. The van der Waals surface area contributed by atoms with Crippen molar-refractivity contribution in [2.45, 2.75) is 58.2 Å². The molecule has 150 valence electrons. The van der Waals surface area contributed by atoms with Crippen molar-refractivity contribution in [2.75, 3.05) is 0 Å². The summed E-state index contributed by atoms with van der Waals surface area (Å²) in [5, 5.41) is 7.67. The zero-order chi connectivity index (χ0) is 21.5. The summed E-state index contributed by atoms with van der Waals surface area (Å²) in [5.41, 5.74) is 7.07. The Bertz CT molecular complexity index is 1260. The van der Waals surface area contributed by atoms with Crippen LogP contribution < -0.4 is 0 Å². The number of hydrogen-bond donors (Lipinski definition) is 0. The summed E-state index contributed by atoms with van der Waals surface area (Å²) in [6, 6.07) is 22.0. The summed E-state index contributed by atoms with van der Waals surface area (Å²) >= 11 is 0. The monoisotopic (exact) mass is 406 g/mol. The molecule has 2 heteroatoms. The molecule has 0 N–H and O–H groups in total. The Hall–Kier alpha value is -2.37. The molecule has 4 aromatic rings. The summed E-state index contributed by atoms with van der Waals surface area (Å²) in [6.45, 7) is 16.6. The van der Waals surface area contributed by atoms with Gasteiger partial charge in [-0.1, -0.05) is 0 Å². The first-order valence-corrected chi connectivity index (χ1v) is 13.4. The van der Waals surface area contributed by atoms with Crippen LogP contribution in [0.25, 0.3) is 32.1 Å². The van der Waals surface area contributed by atoms with Gasteiger partial charge in [-0.25, -0.2) is 0 Å². The van der Waals surface area contributed by atoms with Crippen molar-refractivity contribution < 1.29 is 0 Å². The molecule has 0 unspecified atom stereocenters. The molecule has 1 heterocycles. The molecule has 0 spiro atoms. The number of hydrogen-bond acceptors (Lipinski definition) is 0. The van der Waals surface area contributed by atoms with Crippen LogP contribution in [-0.2, 0) is 0 Å². The van der Waals surface area contributed by atoms with Crippen molar-refractivity contribution in [3.8, 4) is 11.5 Å². The zero-order valence-corrected chi connectivity index (χ0v) is 20.1. The van der Waals surface area contributed by atoms with E-state index in [9.17, 15) is 0 Å². The second-order valence-corrected chi connectivity index (χ2v) is 15.1. The second kappa shape index (κ2) is 8.05. The maximum atomic E-state index is 3.97. The predicted molar refractivity (Wildman–Crippen MR) is 138 cm³/mol. The molecule has 30 heavy (non-hydrogen) atoms. The predicted octanol–water partition coefficient (Wildman–Crippen LogP) is 8.05. The fourth-order valence-corrected chi connectivity index (χ4v) is 10.7. The average Bonchev–Trinajstić information content (AvgIpc) is 2.71. The SMILES string of the molecule is CC(C)[Si](C#Cc1c2cc3ccccc3bc2cc2ccccc12)(C(C)C)C(C)C. The molecule has 0 saturated carbocycles. The quantitative estimate of drug-likeness (QED) is 0.183. The van der Waals surface area contributed by atoms with E-state index in [2.05, 4.69) is 121 Å². The molecule has 0 atom stereocenters. The van der Waals surface area contributed by atoms with Gasteiger partial charge in [0.25, 0.3) is 0 Å². The first kappa shape index (κ1) is 20.9. The summed E-state index contributed by atoms with van der Waals surface area (Å²) < 4.78 is 0. The molecule has 3 aromatic carbocycles. The van der Waals surface area contributed by atoms with Crippen LogP contribution in [0.2, 0.25) is 16.6 Å². The Labute approximate surface area is 182 Å². The fourth-order valence-electron chi connectivity index (χ4n) is 5.50. The van der Waals surface area contributed by atoms with Crippen molar-refractivity contribution in [3.63, 3.8) is 0 Å². The van der Waals surface area contributed by atoms with Gasteiger partial charge in [0, 0.05) is 0 Å². The topological polar surface area (TPSA) is 0 Å². The van der Waals surface area contributed by atoms with Gasteiger partial charge in [-0.2, -0.15) is 0 Å². The maximum absolute atomic E-state index is 3.97. The van der Waals surface area contributed by atoms with Gasteiger partial charge in [-0.3, -0.25) is 0 Å². The summed E-state index contributed by atoms with van der Waals surface area (Å²) in [5.74, 6) is 3.79. The van der Waals surface area contributed by atoms with Crippen LogP contribution in [0.5, 0.6) is 0 Å². The van der Waals surface area contributed by atoms with Gasteiger partial charge < -0.3 is 0 Å². The molecule has 0 radical (unpaired) electrons. The molecule has 4 rings (SSSR count). The molecule has 0 aliphatic rings. The van der Waals surface area contributed by atoms with Gasteiger partial charge in [0.1, 0.15) is 0 Å². The third kappa shape index (κ3) is 3.40. The van der Waals surface area contributed by atoms with Crippen molar-refractivity contribution >= 4 is 47.1 Å². The molecular formula is C28H31BSi. The van der Waals surface area contributed by atoms with Crippen molar-refractivity contribution in [1.82, 2.24) is 0 Å². The standard InChI is InChI=1S/C28H31BSi/c1-19(2)30(20(3)4,21(5)6)16-15-25-24-13-9-7-11-22(24)18-28-26(25)17-23-12-8-10-14-27(23)29-28/h7-14,17-21H,1-6H3. The fraction of sp³-hybridized carbons (Fsp3) is 0.321. The number of rotatable bonds is 3. The molecule has 0 bridgehead atoms. The van der Waals surface area contributed by atoms with E-state index in [4.69, 9.17) is 0 Å². The zero-order valence-electron chi connectivity index (χ0n) is 19.1. The molecule has 0 aliphatic carbocycles. The molecule has 0 aliphatic heterocycles. The second-order valence-electron chi connectivity index (χ2n) is 9.54. The van der Waals surface area contributed by atoms with Crippen molar-refractivity contribution in [3.05, 3.63) is 66.2 Å². The molecule has 0 saturated heterocycles. The Kier molecular flexibility index (Phi) is 5.60. The van der Waals surface area contributed by atoms with Crippen LogP contribution in [0, 0.1) is 11.5 Å². The van der Waals surface area contributed by atoms with Crippen LogP contribution in [0.15, 0.2) is 60.7 Å². The van der Waals surface area contributed by atoms with E-state index < -0.39 is 8.07 Å². The van der Waals surface area contributed by atoms with Crippen molar-refractivity contribution in [2.24, 2.45) is 0 Å². The van der Waals surface area contributed by atoms with Gasteiger partial charge in [-0.15, -0.1) is 0 Å². The summed E-state index contributed by atoms with van der Waals surface area (Å²) in [7, 11) is -1.80. The first-order chi connectivity index (χ1) is 14.3. The van der Waals surface area contributed by atoms with Crippen LogP contribution in [0.3, 0.4) is 0 Å². The van der Waals surface area contributed by atoms with E-state index >= 15 is 0 Å². The third-order valence-electron chi connectivity index (χ3n) is 7.00. The molecular weight excluding hydrogens is 375 g/mol. The van der Waals surface area contributed by atoms with E-state index in [1.54, 1.807) is 0 Å². The Morgan fingerprint density at radius 2 is 1.27 bits per heavy atom. The van der Waals surface area contributed by atoms with E-state index in [0.717, 1.165) is 0 Å². The van der Waals surface area contributed by atoms with Crippen LogP contribution in [0.4, 0.5) is 0 Å². The molecule has 1 aromatic heterocycles. The first-order valence-electron chi connectivity index (χ1n) is 11.2. The Morgan fingerprint density at radius 1 is 0.667 bits per heavy atom. The van der Waals surface area contributed by atoms with E-state index in [-0.39, 0.29) is 0 Å².